The number of esters is 2. The van der Waals surface area contributed by atoms with Gasteiger partial charge in [-0.3, -0.25) is 9.59 Å². The number of rotatable bonds is 4. The fourth-order valence-corrected chi connectivity index (χ4v) is 7.06. The molecule has 0 N–H and O–H groups in total. The second kappa shape index (κ2) is 7.23. The van der Waals surface area contributed by atoms with Crippen LogP contribution in [-0.2, 0) is 23.8 Å². The number of ether oxygens (including phenoxy) is 3. The molecule has 2 saturated carbocycles. The van der Waals surface area contributed by atoms with Crippen LogP contribution < -0.4 is 0 Å². The van der Waals surface area contributed by atoms with E-state index in [0.717, 1.165) is 51.9 Å². The monoisotopic (exact) mass is 405 g/mol. The first-order valence-electron chi connectivity index (χ1n) is 11.7. The van der Waals surface area contributed by atoms with Gasteiger partial charge in [-0.25, -0.2) is 0 Å². The summed E-state index contributed by atoms with van der Waals surface area (Å²) in [7, 11) is 0. The molecule has 0 bridgehead atoms. The Bertz CT molecular complexity index is 668. The van der Waals surface area contributed by atoms with Crippen molar-refractivity contribution in [1.29, 1.82) is 0 Å². The zero-order valence-corrected chi connectivity index (χ0v) is 17.9. The third kappa shape index (κ3) is 3.40. The summed E-state index contributed by atoms with van der Waals surface area (Å²) in [5.74, 6) is 0.811. The molecule has 3 aliphatic heterocycles. The van der Waals surface area contributed by atoms with Gasteiger partial charge in [0.1, 0.15) is 6.10 Å². The minimum Gasteiger partial charge on any atom is -0.466 e. The molecule has 0 aromatic carbocycles. The number of epoxide rings is 1. The standard InChI is InChI=1S/C23H35NO5/c1-3-27-20(25)15-5-9-24(10-6-15)13-17-16-11-19-22(2,12-18(16)29-21(17)26)7-4-8-23(19)14-28-23/h15-19H,3-14H2,1-2H3/t16-,17+,18-,19+,22-,23+/m1/s1. The van der Waals surface area contributed by atoms with Gasteiger partial charge in [-0.05, 0) is 76.3 Å². The van der Waals surface area contributed by atoms with E-state index in [4.69, 9.17) is 14.2 Å². The lowest BCUT2D eigenvalue weighted by molar-refractivity contribution is -0.150. The molecule has 2 aliphatic carbocycles. The molecule has 6 atom stereocenters. The Kier molecular flexibility index (Phi) is 4.93. The number of likely N-dealkylation sites (tertiary alicyclic amines) is 1. The van der Waals surface area contributed by atoms with Crippen LogP contribution in [0.4, 0.5) is 0 Å². The molecule has 162 valence electrons. The second-order valence-electron chi connectivity index (χ2n) is 10.4. The average molecular weight is 406 g/mol. The van der Waals surface area contributed by atoms with Gasteiger partial charge in [-0.1, -0.05) is 6.92 Å². The summed E-state index contributed by atoms with van der Waals surface area (Å²) in [5.41, 5.74) is 0.356. The largest absolute Gasteiger partial charge is 0.466 e. The van der Waals surface area contributed by atoms with Crippen LogP contribution in [0.3, 0.4) is 0 Å². The van der Waals surface area contributed by atoms with E-state index in [0.29, 0.717) is 18.4 Å². The minimum absolute atomic E-state index is 0.000489. The molecule has 6 nitrogen and oxygen atoms in total. The molecular weight excluding hydrogens is 370 g/mol. The van der Waals surface area contributed by atoms with E-state index >= 15 is 0 Å². The SMILES string of the molecule is CCOC(=O)C1CCN(C[C@@H]2C(=O)O[C@@H]3C[C@@]4(C)CCC[C@]5(CO5)[C@H]4C[C@H]23)CC1. The van der Waals surface area contributed by atoms with Crippen LogP contribution >= 0.6 is 0 Å². The molecule has 29 heavy (non-hydrogen) atoms. The highest BCUT2D eigenvalue weighted by atomic mass is 16.6. The Morgan fingerprint density at radius 3 is 2.72 bits per heavy atom. The summed E-state index contributed by atoms with van der Waals surface area (Å²) in [4.78, 5) is 27.2. The topological polar surface area (TPSA) is 68.4 Å². The molecule has 1 spiro atoms. The first kappa shape index (κ1) is 19.8. The number of carbonyl (C=O) groups is 2. The van der Waals surface area contributed by atoms with Crippen LogP contribution in [0.1, 0.15) is 58.8 Å². The van der Waals surface area contributed by atoms with Gasteiger partial charge < -0.3 is 19.1 Å². The highest BCUT2D eigenvalue weighted by Gasteiger charge is 2.65. The molecule has 5 aliphatic rings. The van der Waals surface area contributed by atoms with E-state index in [9.17, 15) is 9.59 Å². The lowest BCUT2D eigenvalue weighted by Gasteiger charge is -2.51. The maximum absolute atomic E-state index is 12.8. The minimum atomic E-state index is -0.0638. The number of piperidine rings is 1. The van der Waals surface area contributed by atoms with E-state index in [-0.39, 0.29) is 40.9 Å². The number of hydrogen-bond donors (Lipinski definition) is 0. The quantitative estimate of drug-likeness (QED) is 0.529. The molecule has 0 unspecified atom stereocenters. The fourth-order valence-electron chi connectivity index (χ4n) is 7.06. The Hall–Kier alpha value is -1.14. The number of hydrogen-bond acceptors (Lipinski definition) is 6. The number of nitrogens with zero attached hydrogens (tertiary/aromatic N) is 1. The van der Waals surface area contributed by atoms with E-state index in [1.807, 2.05) is 6.92 Å². The Labute approximate surface area is 173 Å². The van der Waals surface area contributed by atoms with E-state index in [1.54, 1.807) is 0 Å². The van der Waals surface area contributed by atoms with Gasteiger partial charge in [0, 0.05) is 12.5 Å². The van der Waals surface area contributed by atoms with Crippen molar-refractivity contribution in [2.45, 2.75) is 70.5 Å². The van der Waals surface area contributed by atoms with E-state index < -0.39 is 0 Å². The van der Waals surface area contributed by atoms with Gasteiger partial charge in [0.05, 0.1) is 30.7 Å². The molecular formula is C23H35NO5. The molecule has 5 fully saturated rings. The molecule has 0 radical (unpaired) electrons. The van der Waals surface area contributed by atoms with Crippen molar-refractivity contribution in [3.8, 4) is 0 Å². The summed E-state index contributed by atoms with van der Waals surface area (Å²) >= 11 is 0. The first-order valence-corrected chi connectivity index (χ1v) is 11.7. The normalized spacial score (nSPS) is 44.8. The third-order valence-electron chi connectivity index (χ3n) is 8.74. The van der Waals surface area contributed by atoms with Crippen LogP contribution in [-0.4, -0.2) is 61.4 Å². The van der Waals surface area contributed by atoms with Gasteiger partial charge in [0.25, 0.3) is 0 Å². The lowest BCUT2D eigenvalue weighted by atomic mass is 9.53. The molecule has 0 aromatic rings. The molecule has 5 rings (SSSR count). The summed E-state index contributed by atoms with van der Waals surface area (Å²) in [6, 6.07) is 0. The van der Waals surface area contributed by atoms with Crippen molar-refractivity contribution in [1.82, 2.24) is 4.90 Å². The number of carbonyl (C=O) groups excluding carboxylic acids is 2. The van der Waals surface area contributed by atoms with Gasteiger partial charge >= 0.3 is 11.9 Å². The highest BCUT2D eigenvalue weighted by molar-refractivity contribution is 5.76. The first-order chi connectivity index (χ1) is 13.9. The summed E-state index contributed by atoms with van der Waals surface area (Å²) in [6.45, 7) is 8.10. The van der Waals surface area contributed by atoms with E-state index in [1.165, 1.54) is 19.3 Å². The third-order valence-corrected chi connectivity index (χ3v) is 8.74. The number of fused-ring (bicyclic) bond motifs is 3. The Balaban J connectivity index is 1.23. The molecule has 3 saturated heterocycles. The summed E-state index contributed by atoms with van der Waals surface area (Å²) in [5, 5.41) is 0. The van der Waals surface area contributed by atoms with Crippen molar-refractivity contribution >= 4 is 11.9 Å². The van der Waals surface area contributed by atoms with Gasteiger partial charge in [-0.2, -0.15) is 0 Å². The van der Waals surface area contributed by atoms with Crippen LogP contribution in [0.25, 0.3) is 0 Å². The average Bonchev–Trinajstić information content (AvgIpc) is 3.40. The van der Waals surface area contributed by atoms with Crippen molar-refractivity contribution in [2.75, 3.05) is 32.8 Å². The van der Waals surface area contributed by atoms with E-state index in [2.05, 4.69) is 11.8 Å². The van der Waals surface area contributed by atoms with Crippen molar-refractivity contribution in [3.05, 3.63) is 0 Å². The van der Waals surface area contributed by atoms with Crippen LogP contribution in [0.2, 0.25) is 0 Å². The van der Waals surface area contributed by atoms with Crippen molar-refractivity contribution < 1.29 is 23.8 Å². The summed E-state index contributed by atoms with van der Waals surface area (Å²) in [6.07, 6.45) is 7.45. The second-order valence-corrected chi connectivity index (χ2v) is 10.4. The van der Waals surface area contributed by atoms with Crippen LogP contribution in [0.5, 0.6) is 0 Å². The van der Waals surface area contributed by atoms with Crippen LogP contribution in [0.15, 0.2) is 0 Å². The van der Waals surface area contributed by atoms with Crippen molar-refractivity contribution in [3.63, 3.8) is 0 Å². The smallest absolute Gasteiger partial charge is 0.310 e. The Morgan fingerprint density at radius 1 is 1.28 bits per heavy atom. The fraction of sp³-hybridized carbons (Fsp3) is 0.913. The maximum atomic E-state index is 12.8. The predicted octanol–water partition coefficient (Wildman–Crippen LogP) is 2.79. The van der Waals surface area contributed by atoms with Crippen molar-refractivity contribution in [2.24, 2.45) is 29.1 Å². The zero-order chi connectivity index (χ0) is 20.2. The predicted molar refractivity (Wildman–Crippen MR) is 106 cm³/mol. The molecule has 3 heterocycles. The Morgan fingerprint density at radius 2 is 2.03 bits per heavy atom. The maximum Gasteiger partial charge on any atom is 0.310 e. The van der Waals surface area contributed by atoms with Gasteiger partial charge in [0.15, 0.2) is 0 Å². The lowest BCUT2D eigenvalue weighted by Crippen LogP contribution is -2.51. The highest BCUT2D eigenvalue weighted by Crippen LogP contribution is 2.62. The van der Waals surface area contributed by atoms with Gasteiger partial charge in [-0.15, -0.1) is 0 Å². The molecule has 6 heteroatoms. The van der Waals surface area contributed by atoms with Gasteiger partial charge in [0.2, 0.25) is 0 Å². The molecule has 0 amide bonds. The molecule has 0 aromatic heterocycles. The summed E-state index contributed by atoms with van der Waals surface area (Å²) < 4.78 is 17.1. The zero-order valence-electron chi connectivity index (χ0n) is 17.9. The van der Waals surface area contributed by atoms with Crippen LogP contribution in [0, 0.1) is 29.1 Å².